The molecule has 5 heteroatoms. The van der Waals surface area contributed by atoms with E-state index in [-0.39, 0.29) is 0 Å². The zero-order valence-corrected chi connectivity index (χ0v) is 13.3. The Morgan fingerprint density at radius 3 is 2.29 bits per heavy atom. The molecule has 0 radical (unpaired) electrons. The number of nitriles is 1. The predicted molar refractivity (Wildman–Crippen MR) is 85.7 cm³/mol. The highest BCUT2D eigenvalue weighted by molar-refractivity contribution is 9.10. The molecule has 0 amide bonds. The Labute approximate surface area is 132 Å². The molecule has 0 saturated heterocycles. The van der Waals surface area contributed by atoms with Crippen molar-refractivity contribution in [2.24, 2.45) is 0 Å². The monoisotopic (exact) mass is 346 g/mol. The molecular formula is C16H15BrN2O2. The van der Waals surface area contributed by atoms with Crippen molar-refractivity contribution in [3.63, 3.8) is 0 Å². The third-order valence-corrected chi connectivity index (χ3v) is 3.47. The average molecular weight is 347 g/mol. The number of nitrogens with one attached hydrogen (secondary N) is 1. The zero-order chi connectivity index (χ0) is 15.2. The van der Waals surface area contributed by atoms with E-state index in [9.17, 15) is 5.26 Å². The van der Waals surface area contributed by atoms with Gasteiger partial charge in [0.2, 0.25) is 0 Å². The first kappa shape index (κ1) is 15.2. The third-order valence-electron chi connectivity index (χ3n) is 2.97. The van der Waals surface area contributed by atoms with E-state index in [4.69, 9.17) is 9.47 Å². The van der Waals surface area contributed by atoms with Crippen molar-refractivity contribution in [3.05, 3.63) is 52.5 Å². The number of ether oxygens (including phenoxy) is 2. The lowest BCUT2D eigenvalue weighted by atomic mass is 10.1. The summed E-state index contributed by atoms with van der Waals surface area (Å²) in [5.74, 6) is 1.31. The Balaban J connectivity index is 2.31. The number of hydrogen-bond acceptors (Lipinski definition) is 4. The second-order valence-corrected chi connectivity index (χ2v) is 5.28. The smallest absolute Gasteiger partial charge is 0.140 e. The summed E-state index contributed by atoms with van der Waals surface area (Å²) in [5.41, 5.74) is 1.64. The first-order valence-electron chi connectivity index (χ1n) is 6.31. The molecule has 1 N–H and O–H groups in total. The van der Waals surface area contributed by atoms with Gasteiger partial charge in [0, 0.05) is 16.2 Å². The lowest BCUT2D eigenvalue weighted by Gasteiger charge is -2.15. The van der Waals surface area contributed by atoms with Crippen molar-refractivity contribution in [1.29, 1.82) is 5.26 Å². The number of methoxy groups -OCH3 is 2. The van der Waals surface area contributed by atoms with Crippen LogP contribution in [-0.2, 0) is 0 Å². The molecule has 1 unspecified atom stereocenters. The van der Waals surface area contributed by atoms with Crippen molar-refractivity contribution in [2.75, 3.05) is 19.5 Å². The van der Waals surface area contributed by atoms with Gasteiger partial charge in [-0.05, 0) is 35.9 Å². The van der Waals surface area contributed by atoms with Crippen LogP contribution in [0.2, 0.25) is 0 Å². The number of anilines is 1. The number of halogens is 1. The van der Waals surface area contributed by atoms with Crippen LogP contribution in [-0.4, -0.2) is 14.2 Å². The van der Waals surface area contributed by atoms with Crippen molar-refractivity contribution >= 4 is 21.6 Å². The second kappa shape index (κ2) is 7.00. The molecular weight excluding hydrogens is 332 g/mol. The van der Waals surface area contributed by atoms with Gasteiger partial charge in [0.1, 0.15) is 17.5 Å². The number of hydrogen-bond donors (Lipinski definition) is 1. The van der Waals surface area contributed by atoms with Crippen molar-refractivity contribution < 1.29 is 9.47 Å². The van der Waals surface area contributed by atoms with Gasteiger partial charge in [0.15, 0.2) is 0 Å². The molecule has 0 aromatic heterocycles. The molecule has 0 spiro atoms. The van der Waals surface area contributed by atoms with E-state index in [1.165, 1.54) is 0 Å². The maximum Gasteiger partial charge on any atom is 0.140 e. The maximum atomic E-state index is 9.43. The number of benzene rings is 2. The topological polar surface area (TPSA) is 54.3 Å². The molecule has 0 aliphatic rings. The van der Waals surface area contributed by atoms with Gasteiger partial charge in [-0.3, -0.25) is 0 Å². The summed E-state index contributed by atoms with van der Waals surface area (Å²) in [6, 6.07) is 14.8. The van der Waals surface area contributed by atoms with Gasteiger partial charge in [0.05, 0.1) is 20.3 Å². The summed E-state index contributed by atoms with van der Waals surface area (Å²) in [6.45, 7) is 0. The molecule has 0 heterocycles. The molecule has 0 saturated carbocycles. The third kappa shape index (κ3) is 3.89. The van der Waals surface area contributed by atoms with E-state index < -0.39 is 6.04 Å². The maximum absolute atomic E-state index is 9.43. The second-order valence-electron chi connectivity index (χ2n) is 4.36. The highest BCUT2D eigenvalue weighted by atomic mass is 79.9. The van der Waals surface area contributed by atoms with Crippen LogP contribution in [0, 0.1) is 11.3 Å². The van der Waals surface area contributed by atoms with E-state index >= 15 is 0 Å². The van der Waals surface area contributed by atoms with Gasteiger partial charge in [-0.1, -0.05) is 22.0 Å². The van der Waals surface area contributed by atoms with Gasteiger partial charge >= 0.3 is 0 Å². The van der Waals surface area contributed by atoms with Crippen LogP contribution in [0.3, 0.4) is 0 Å². The van der Waals surface area contributed by atoms with Crippen LogP contribution in [0.25, 0.3) is 0 Å². The fourth-order valence-corrected chi connectivity index (χ4v) is 2.33. The van der Waals surface area contributed by atoms with Crippen molar-refractivity contribution in [3.8, 4) is 17.6 Å². The minimum atomic E-state index is -0.497. The lowest BCUT2D eigenvalue weighted by molar-refractivity contribution is 0.393. The number of rotatable bonds is 5. The fraction of sp³-hybridized carbons (Fsp3) is 0.188. The van der Waals surface area contributed by atoms with Crippen LogP contribution < -0.4 is 14.8 Å². The summed E-state index contributed by atoms with van der Waals surface area (Å²) < 4.78 is 11.4. The van der Waals surface area contributed by atoms with Crippen LogP contribution in [0.4, 0.5) is 5.69 Å². The predicted octanol–water partition coefficient (Wildman–Crippen LogP) is 4.14. The Morgan fingerprint density at radius 1 is 1.10 bits per heavy atom. The van der Waals surface area contributed by atoms with Gasteiger partial charge < -0.3 is 14.8 Å². The molecule has 0 aliphatic carbocycles. The molecule has 4 nitrogen and oxygen atoms in total. The molecule has 2 aromatic rings. The van der Waals surface area contributed by atoms with Crippen LogP contribution in [0.5, 0.6) is 11.5 Å². The van der Waals surface area contributed by atoms with E-state index in [2.05, 4.69) is 27.3 Å². The first-order chi connectivity index (χ1) is 10.2. The largest absolute Gasteiger partial charge is 0.497 e. The molecule has 0 bridgehead atoms. The molecule has 1 atom stereocenters. The molecule has 2 aromatic carbocycles. The Morgan fingerprint density at radius 2 is 1.76 bits per heavy atom. The SMILES string of the molecule is COc1cc(OC)cc(C(C#N)Nc2cccc(Br)c2)c1. The average Bonchev–Trinajstić information content (AvgIpc) is 2.52. The van der Waals surface area contributed by atoms with Crippen molar-refractivity contribution in [2.45, 2.75) is 6.04 Å². The van der Waals surface area contributed by atoms with Gasteiger partial charge in [-0.2, -0.15) is 5.26 Å². The quantitative estimate of drug-likeness (QED) is 0.883. The van der Waals surface area contributed by atoms with E-state index in [1.54, 1.807) is 20.3 Å². The van der Waals surface area contributed by atoms with Gasteiger partial charge in [-0.25, -0.2) is 0 Å². The fourth-order valence-electron chi connectivity index (χ4n) is 1.93. The van der Waals surface area contributed by atoms with Crippen LogP contribution in [0.15, 0.2) is 46.9 Å². The van der Waals surface area contributed by atoms with Gasteiger partial charge in [-0.15, -0.1) is 0 Å². The van der Waals surface area contributed by atoms with E-state index in [0.29, 0.717) is 11.5 Å². The summed E-state index contributed by atoms with van der Waals surface area (Å²) in [5, 5.41) is 12.6. The zero-order valence-electron chi connectivity index (χ0n) is 11.8. The Kier molecular flexibility index (Phi) is 5.07. The van der Waals surface area contributed by atoms with E-state index in [0.717, 1.165) is 15.7 Å². The minimum absolute atomic E-state index is 0.497. The summed E-state index contributed by atoms with van der Waals surface area (Å²) in [4.78, 5) is 0. The summed E-state index contributed by atoms with van der Waals surface area (Å²) in [6.07, 6.45) is 0. The lowest BCUT2D eigenvalue weighted by Crippen LogP contribution is -2.09. The van der Waals surface area contributed by atoms with Crippen LogP contribution >= 0.6 is 15.9 Å². The minimum Gasteiger partial charge on any atom is -0.497 e. The molecule has 2 rings (SSSR count). The highest BCUT2D eigenvalue weighted by Gasteiger charge is 2.13. The molecule has 21 heavy (non-hydrogen) atoms. The highest BCUT2D eigenvalue weighted by Crippen LogP contribution is 2.28. The normalized spacial score (nSPS) is 11.3. The van der Waals surface area contributed by atoms with E-state index in [1.807, 2.05) is 36.4 Å². The number of nitrogens with zero attached hydrogens (tertiary/aromatic N) is 1. The Bertz CT molecular complexity index is 645. The molecule has 0 fully saturated rings. The van der Waals surface area contributed by atoms with Crippen molar-refractivity contribution in [1.82, 2.24) is 0 Å². The molecule has 108 valence electrons. The van der Waals surface area contributed by atoms with Gasteiger partial charge in [0.25, 0.3) is 0 Å². The standard InChI is InChI=1S/C16H15BrN2O2/c1-20-14-6-11(7-15(9-14)21-2)16(10-18)19-13-5-3-4-12(17)8-13/h3-9,16,19H,1-2H3. The summed E-state index contributed by atoms with van der Waals surface area (Å²) >= 11 is 3.41. The first-order valence-corrected chi connectivity index (χ1v) is 7.10. The molecule has 0 aliphatic heterocycles. The Hall–Kier alpha value is -2.19. The van der Waals surface area contributed by atoms with Crippen LogP contribution in [0.1, 0.15) is 11.6 Å². The summed E-state index contributed by atoms with van der Waals surface area (Å²) in [7, 11) is 3.17.